The van der Waals surface area contributed by atoms with Gasteiger partial charge in [0.1, 0.15) is 0 Å². The summed E-state index contributed by atoms with van der Waals surface area (Å²) in [6, 6.07) is 10.1. The van der Waals surface area contributed by atoms with E-state index >= 15 is 0 Å². The minimum absolute atomic E-state index is 0.233. The first-order chi connectivity index (χ1) is 16.7. The molecule has 2 atom stereocenters. The molecule has 1 N–H and O–H groups in total. The molecule has 182 valence electrons. The van der Waals surface area contributed by atoms with E-state index < -0.39 is 23.8 Å². The molecule has 10 heteroatoms. The van der Waals surface area contributed by atoms with Crippen molar-refractivity contribution < 1.29 is 27.1 Å². The van der Waals surface area contributed by atoms with Gasteiger partial charge in [-0.25, -0.2) is 4.39 Å². The van der Waals surface area contributed by atoms with Crippen molar-refractivity contribution in [2.45, 2.75) is 24.9 Å². The number of nitrogens with one attached hydrogen (secondary N) is 1. The van der Waals surface area contributed by atoms with Gasteiger partial charge in [0.15, 0.2) is 11.6 Å². The third-order valence-corrected chi connectivity index (χ3v) is 6.21. The Balaban J connectivity index is 1.27. The molecule has 3 heterocycles. The first-order valence-corrected chi connectivity index (χ1v) is 11.0. The summed E-state index contributed by atoms with van der Waals surface area (Å²) in [6.07, 6.45) is -0.440. The van der Waals surface area contributed by atoms with Crippen LogP contribution in [-0.2, 0) is 17.5 Å². The maximum atomic E-state index is 14.3. The highest BCUT2D eigenvalue weighted by Gasteiger charge is 2.38. The molecule has 3 aliphatic heterocycles. The van der Waals surface area contributed by atoms with E-state index in [9.17, 15) is 22.4 Å². The minimum Gasteiger partial charge on any atom is -0.463 e. The van der Waals surface area contributed by atoms with Crippen molar-refractivity contribution >= 4 is 12.1 Å². The predicted octanol–water partition coefficient (Wildman–Crippen LogP) is 4.02. The summed E-state index contributed by atoms with van der Waals surface area (Å²) in [7, 11) is 1.92. The third kappa shape index (κ3) is 4.60. The summed E-state index contributed by atoms with van der Waals surface area (Å²) < 4.78 is 58.4. The fourth-order valence-corrected chi connectivity index (χ4v) is 4.39. The lowest BCUT2D eigenvalue weighted by molar-refractivity contribution is -0.137. The van der Waals surface area contributed by atoms with Gasteiger partial charge in [0.2, 0.25) is 6.23 Å². The zero-order chi connectivity index (χ0) is 24.7. The van der Waals surface area contributed by atoms with Crippen molar-refractivity contribution in [3.05, 3.63) is 88.4 Å². The zero-order valence-corrected chi connectivity index (χ0v) is 18.7. The quantitative estimate of drug-likeness (QED) is 0.649. The molecule has 0 radical (unpaired) electrons. The number of halogens is 4. The molecule has 35 heavy (non-hydrogen) atoms. The van der Waals surface area contributed by atoms with Crippen molar-refractivity contribution in [1.29, 1.82) is 0 Å². The Bertz CT molecular complexity index is 1240. The highest BCUT2D eigenvalue weighted by molar-refractivity contribution is 5.99. The molecule has 1 amide bonds. The molecule has 5 rings (SSSR count). The van der Waals surface area contributed by atoms with E-state index in [1.54, 1.807) is 17.2 Å². The highest BCUT2D eigenvalue weighted by atomic mass is 19.4. The van der Waals surface area contributed by atoms with Gasteiger partial charge in [-0.1, -0.05) is 24.3 Å². The summed E-state index contributed by atoms with van der Waals surface area (Å²) in [4.78, 5) is 14.8. The normalized spacial score (nSPS) is 21.6. The number of rotatable bonds is 5. The van der Waals surface area contributed by atoms with Gasteiger partial charge in [-0.15, -0.1) is 0 Å². The maximum Gasteiger partial charge on any atom is 0.416 e. The average molecular weight is 486 g/mol. The van der Waals surface area contributed by atoms with Crippen LogP contribution in [0.4, 0.5) is 17.6 Å². The standard InChI is InChI=1S/C25H22F4N4O2/c1-32-13-18(11-31-32)16-4-2-15(3-5-16)12-33-14-17-8-9-30-23(22(17)24(33)34)35-21-7-6-19(10-20(21)26)25(27,28)29/h2-11,18,23,30H,12-14H2,1H3. The number of amides is 1. The van der Waals surface area contributed by atoms with E-state index in [4.69, 9.17) is 4.74 Å². The largest absolute Gasteiger partial charge is 0.463 e. The lowest BCUT2D eigenvalue weighted by Crippen LogP contribution is -2.39. The topological polar surface area (TPSA) is 57.2 Å². The molecule has 2 aromatic rings. The number of hydrogen-bond acceptors (Lipinski definition) is 5. The second kappa shape index (κ2) is 8.75. The summed E-state index contributed by atoms with van der Waals surface area (Å²) in [5.74, 6) is -1.57. The van der Waals surface area contributed by atoms with Gasteiger partial charge in [-0.2, -0.15) is 18.3 Å². The van der Waals surface area contributed by atoms with Crippen LogP contribution in [-0.4, -0.2) is 48.4 Å². The second-order valence-electron chi connectivity index (χ2n) is 8.69. The number of dihydropyridines is 1. The smallest absolute Gasteiger partial charge is 0.416 e. The lowest BCUT2D eigenvalue weighted by Gasteiger charge is -2.24. The van der Waals surface area contributed by atoms with Crippen LogP contribution in [0, 0.1) is 5.82 Å². The van der Waals surface area contributed by atoms with Crippen LogP contribution in [0.25, 0.3) is 0 Å². The fourth-order valence-electron chi connectivity index (χ4n) is 4.39. The molecule has 0 saturated carbocycles. The molecular formula is C25H22F4N4O2. The lowest BCUT2D eigenvalue weighted by atomic mass is 9.99. The first-order valence-electron chi connectivity index (χ1n) is 11.0. The highest BCUT2D eigenvalue weighted by Crippen LogP contribution is 2.34. The van der Waals surface area contributed by atoms with Crippen molar-refractivity contribution in [1.82, 2.24) is 15.2 Å². The van der Waals surface area contributed by atoms with Crippen molar-refractivity contribution in [2.24, 2.45) is 5.10 Å². The van der Waals surface area contributed by atoms with Gasteiger partial charge in [-0.3, -0.25) is 9.80 Å². The van der Waals surface area contributed by atoms with Crippen LogP contribution in [0.1, 0.15) is 22.6 Å². The van der Waals surface area contributed by atoms with Gasteiger partial charge in [-0.05, 0) is 41.0 Å². The predicted molar refractivity (Wildman–Crippen MR) is 121 cm³/mol. The van der Waals surface area contributed by atoms with Crippen LogP contribution in [0.5, 0.6) is 5.75 Å². The monoisotopic (exact) mass is 486 g/mol. The van der Waals surface area contributed by atoms with Gasteiger partial charge >= 0.3 is 6.18 Å². The van der Waals surface area contributed by atoms with E-state index in [1.165, 1.54) is 0 Å². The number of hydrazone groups is 1. The minimum atomic E-state index is -4.66. The summed E-state index contributed by atoms with van der Waals surface area (Å²) >= 11 is 0. The average Bonchev–Trinajstić information content (AvgIpc) is 3.39. The van der Waals surface area contributed by atoms with Crippen molar-refractivity contribution in [2.75, 3.05) is 20.1 Å². The van der Waals surface area contributed by atoms with Gasteiger partial charge in [0.05, 0.1) is 11.1 Å². The molecule has 2 unspecified atom stereocenters. The molecule has 0 bridgehead atoms. The van der Waals surface area contributed by atoms with Gasteiger partial charge < -0.3 is 15.0 Å². The summed E-state index contributed by atoms with van der Waals surface area (Å²) in [6.45, 7) is 1.55. The maximum absolute atomic E-state index is 14.3. The first kappa shape index (κ1) is 22.9. The van der Waals surface area contributed by atoms with Crippen LogP contribution in [0.3, 0.4) is 0 Å². The van der Waals surface area contributed by atoms with Crippen molar-refractivity contribution in [3.63, 3.8) is 0 Å². The van der Waals surface area contributed by atoms with Crippen LogP contribution >= 0.6 is 0 Å². The molecule has 0 saturated heterocycles. The number of carbonyl (C=O) groups is 1. The SMILES string of the molecule is CN1CC(c2ccc(CN3CC4=C(C3=O)C(Oc3ccc(C(F)(F)F)cc3F)NC=C4)cc2)C=N1. The summed E-state index contributed by atoms with van der Waals surface area (Å²) in [5.41, 5.74) is 2.02. The molecule has 2 aromatic carbocycles. The number of likely N-dealkylation sites (N-methyl/N-ethyl adjacent to an activating group) is 1. The number of benzene rings is 2. The number of ether oxygens (including phenoxy) is 1. The van der Waals surface area contributed by atoms with E-state index in [0.29, 0.717) is 30.3 Å². The Morgan fingerprint density at radius 2 is 1.94 bits per heavy atom. The van der Waals surface area contributed by atoms with Gasteiger partial charge in [0, 0.05) is 45.0 Å². The van der Waals surface area contributed by atoms with Gasteiger partial charge in [0.25, 0.3) is 5.91 Å². The van der Waals surface area contributed by atoms with Crippen LogP contribution < -0.4 is 10.1 Å². The number of nitrogens with zero attached hydrogens (tertiary/aromatic N) is 3. The molecule has 0 spiro atoms. The van der Waals surface area contributed by atoms with Crippen molar-refractivity contribution in [3.8, 4) is 5.75 Å². The van der Waals surface area contributed by atoms with Crippen LogP contribution in [0.2, 0.25) is 0 Å². The van der Waals surface area contributed by atoms with E-state index in [1.807, 2.05) is 42.5 Å². The van der Waals surface area contributed by atoms with E-state index in [2.05, 4.69) is 10.4 Å². The Morgan fingerprint density at radius 1 is 1.17 bits per heavy atom. The molecule has 3 aliphatic rings. The Hall–Kier alpha value is -3.82. The zero-order valence-electron chi connectivity index (χ0n) is 18.7. The molecular weight excluding hydrogens is 464 g/mol. The molecule has 0 fully saturated rings. The molecule has 0 aromatic heterocycles. The Labute approximate surface area is 199 Å². The molecule has 0 aliphatic carbocycles. The van der Waals surface area contributed by atoms with Crippen LogP contribution in [0.15, 0.2) is 71.0 Å². The second-order valence-corrected chi connectivity index (χ2v) is 8.69. The van der Waals surface area contributed by atoms with E-state index in [-0.39, 0.29) is 17.6 Å². The number of hydrogen-bond donors (Lipinski definition) is 1. The van der Waals surface area contributed by atoms with E-state index in [0.717, 1.165) is 29.8 Å². The Kier molecular flexibility index (Phi) is 5.74. The number of alkyl halides is 3. The third-order valence-electron chi connectivity index (χ3n) is 6.21. The fraction of sp³-hybridized carbons (Fsp3) is 0.280. The molecule has 6 nitrogen and oxygen atoms in total. The summed E-state index contributed by atoms with van der Waals surface area (Å²) in [5, 5.41) is 9.00. The number of carbonyl (C=O) groups excluding carboxylic acids is 1. The Morgan fingerprint density at radius 3 is 2.60 bits per heavy atom.